The number of benzene rings is 3. The summed E-state index contributed by atoms with van der Waals surface area (Å²) in [6.07, 6.45) is 0. The Hall–Kier alpha value is -2.83. The van der Waals surface area contributed by atoms with Crippen molar-refractivity contribution in [3.63, 3.8) is 0 Å². The molecule has 0 saturated carbocycles. The molecule has 0 aliphatic rings. The molecule has 0 unspecified atom stereocenters. The number of rotatable bonds is 6. The molecule has 0 radical (unpaired) electrons. The lowest BCUT2D eigenvalue weighted by Crippen LogP contribution is -2.26. The van der Waals surface area contributed by atoms with Crippen LogP contribution in [0.3, 0.4) is 0 Å². The minimum absolute atomic E-state index is 0.159. The second kappa shape index (κ2) is 8.68. The van der Waals surface area contributed by atoms with Crippen molar-refractivity contribution in [2.24, 2.45) is 0 Å². The van der Waals surface area contributed by atoms with Gasteiger partial charge in [-0.1, -0.05) is 41.4 Å². The number of hydrogen-bond donors (Lipinski definition) is 1. The van der Waals surface area contributed by atoms with E-state index in [0.717, 1.165) is 11.1 Å². The van der Waals surface area contributed by atoms with Crippen LogP contribution in [0.25, 0.3) is 0 Å². The van der Waals surface area contributed by atoms with Crippen molar-refractivity contribution in [2.45, 2.75) is 18.4 Å². The van der Waals surface area contributed by atoms with Crippen LogP contribution in [-0.4, -0.2) is 26.3 Å². The van der Waals surface area contributed by atoms with Gasteiger partial charge in [-0.05, 0) is 61.0 Å². The van der Waals surface area contributed by atoms with Gasteiger partial charge in [0.05, 0.1) is 4.90 Å². The first kappa shape index (κ1) is 20.9. The number of hydrogen-bond acceptors (Lipinski definition) is 3. The predicted octanol–water partition coefficient (Wildman–Crippen LogP) is 4.72. The summed E-state index contributed by atoms with van der Waals surface area (Å²) in [7, 11) is -1.97. The van der Waals surface area contributed by atoms with E-state index in [0.29, 0.717) is 22.8 Å². The molecule has 0 aromatic heterocycles. The molecule has 0 bridgehead atoms. The molecular weight excluding hydrogens is 408 g/mol. The number of aryl methyl sites for hydroxylation is 1. The summed E-state index contributed by atoms with van der Waals surface area (Å²) < 4.78 is 27.5. The lowest BCUT2D eigenvalue weighted by atomic mass is 10.1. The standard InChI is InChI=1S/C22H21ClN2O3S/c1-16-3-13-21(14-4-16)29(27,28)24-20-11-7-18(8-12-20)22(26)25(2)15-17-5-9-19(23)10-6-17/h3-14,24H,15H2,1-2H3. The molecule has 0 heterocycles. The lowest BCUT2D eigenvalue weighted by Gasteiger charge is -2.18. The molecular formula is C22H21ClN2O3S. The van der Waals surface area contributed by atoms with Crippen molar-refractivity contribution in [3.8, 4) is 0 Å². The molecule has 7 heteroatoms. The van der Waals surface area contributed by atoms with E-state index in [4.69, 9.17) is 11.6 Å². The fraction of sp³-hybridized carbons (Fsp3) is 0.136. The largest absolute Gasteiger partial charge is 0.337 e. The maximum atomic E-state index is 12.6. The number of sulfonamides is 1. The van der Waals surface area contributed by atoms with Crippen molar-refractivity contribution in [1.82, 2.24) is 4.90 Å². The molecule has 0 aliphatic heterocycles. The van der Waals surface area contributed by atoms with Crippen LogP contribution in [0.1, 0.15) is 21.5 Å². The van der Waals surface area contributed by atoms with Gasteiger partial charge >= 0.3 is 0 Å². The Morgan fingerprint density at radius 3 is 2.10 bits per heavy atom. The molecule has 1 N–H and O–H groups in total. The molecule has 3 rings (SSSR count). The van der Waals surface area contributed by atoms with E-state index in [9.17, 15) is 13.2 Å². The first-order valence-corrected chi connectivity index (χ1v) is 10.8. The Labute approximate surface area is 176 Å². The smallest absolute Gasteiger partial charge is 0.261 e. The fourth-order valence-electron chi connectivity index (χ4n) is 2.77. The van der Waals surface area contributed by atoms with Gasteiger partial charge in [0, 0.05) is 29.9 Å². The Morgan fingerprint density at radius 1 is 0.931 bits per heavy atom. The van der Waals surface area contributed by atoms with Gasteiger partial charge in [-0.2, -0.15) is 0 Å². The zero-order valence-corrected chi connectivity index (χ0v) is 17.7. The molecule has 0 aliphatic carbocycles. The van der Waals surface area contributed by atoms with E-state index in [1.807, 2.05) is 19.1 Å². The van der Waals surface area contributed by atoms with Gasteiger partial charge < -0.3 is 4.90 Å². The van der Waals surface area contributed by atoms with E-state index in [2.05, 4.69) is 4.72 Å². The number of carbonyl (C=O) groups excluding carboxylic acids is 1. The predicted molar refractivity (Wildman–Crippen MR) is 116 cm³/mol. The number of halogens is 1. The van der Waals surface area contributed by atoms with Gasteiger partial charge in [-0.15, -0.1) is 0 Å². The van der Waals surface area contributed by atoms with Crippen LogP contribution in [-0.2, 0) is 16.6 Å². The number of carbonyl (C=O) groups is 1. The highest BCUT2D eigenvalue weighted by Gasteiger charge is 2.15. The SMILES string of the molecule is Cc1ccc(S(=O)(=O)Nc2ccc(C(=O)N(C)Cc3ccc(Cl)cc3)cc2)cc1. The van der Waals surface area contributed by atoms with Crippen LogP contribution in [0, 0.1) is 6.92 Å². The Balaban J connectivity index is 1.68. The van der Waals surface area contributed by atoms with E-state index in [1.165, 1.54) is 0 Å². The minimum atomic E-state index is -3.68. The third-order valence-corrected chi connectivity index (χ3v) is 6.04. The summed E-state index contributed by atoms with van der Waals surface area (Å²) >= 11 is 5.88. The Morgan fingerprint density at radius 2 is 1.52 bits per heavy atom. The van der Waals surface area contributed by atoms with E-state index < -0.39 is 10.0 Å². The first-order valence-electron chi connectivity index (χ1n) is 8.94. The van der Waals surface area contributed by atoms with Gasteiger partial charge in [0.15, 0.2) is 0 Å². The summed E-state index contributed by atoms with van der Waals surface area (Å²) in [5.74, 6) is -0.159. The topological polar surface area (TPSA) is 66.5 Å². The zero-order valence-electron chi connectivity index (χ0n) is 16.1. The van der Waals surface area contributed by atoms with Crippen molar-refractivity contribution >= 4 is 33.2 Å². The number of nitrogens with zero attached hydrogens (tertiary/aromatic N) is 1. The third kappa shape index (κ3) is 5.37. The first-order chi connectivity index (χ1) is 13.7. The molecule has 150 valence electrons. The summed E-state index contributed by atoms with van der Waals surface area (Å²) in [4.78, 5) is 14.4. The molecule has 3 aromatic rings. The maximum Gasteiger partial charge on any atom is 0.261 e. The van der Waals surface area contributed by atoms with Crippen LogP contribution in [0.15, 0.2) is 77.7 Å². The monoisotopic (exact) mass is 428 g/mol. The highest BCUT2D eigenvalue weighted by atomic mass is 35.5. The summed E-state index contributed by atoms with van der Waals surface area (Å²) in [5.41, 5.74) is 2.81. The Bertz CT molecular complexity index is 1090. The summed E-state index contributed by atoms with van der Waals surface area (Å²) in [5, 5.41) is 0.645. The van der Waals surface area contributed by atoms with Gasteiger partial charge in [0.25, 0.3) is 15.9 Å². The molecule has 0 atom stereocenters. The average molecular weight is 429 g/mol. The summed E-state index contributed by atoms with van der Waals surface area (Å²) in [6.45, 7) is 2.33. The van der Waals surface area contributed by atoms with Crippen molar-refractivity contribution < 1.29 is 13.2 Å². The highest BCUT2D eigenvalue weighted by molar-refractivity contribution is 7.92. The van der Waals surface area contributed by atoms with Gasteiger partial charge in [0.1, 0.15) is 0 Å². The Kier molecular flexibility index (Phi) is 6.25. The van der Waals surface area contributed by atoms with Crippen LogP contribution in [0.5, 0.6) is 0 Å². The van der Waals surface area contributed by atoms with Crippen LogP contribution in [0.4, 0.5) is 5.69 Å². The summed E-state index contributed by atoms with van der Waals surface area (Å²) in [6, 6.07) is 20.3. The van der Waals surface area contributed by atoms with E-state index in [-0.39, 0.29) is 10.8 Å². The number of amides is 1. The van der Waals surface area contributed by atoms with Crippen molar-refractivity contribution in [2.75, 3.05) is 11.8 Å². The van der Waals surface area contributed by atoms with Crippen molar-refractivity contribution in [1.29, 1.82) is 0 Å². The van der Waals surface area contributed by atoms with Crippen molar-refractivity contribution in [3.05, 3.63) is 94.5 Å². The molecule has 1 amide bonds. The highest BCUT2D eigenvalue weighted by Crippen LogP contribution is 2.18. The fourth-order valence-corrected chi connectivity index (χ4v) is 3.95. The normalized spacial score (nSPS) is 11.1. The average Bonchev–Trinajstić information content (AvgIpc) is 2.70. The molecule has 3 aromatic carbocycles. The van der Waals surface area contributed by atoms with Crippen LogP contribution < -0.4 is 4.72 Å². The lowest BCUT2D eigenvalue weighted by molar-refractivity contribution is 0.0785. The molecule has 0 saturated heterocycles. The van der Waals surface area contributed by atoms with Gasteiger partial charge in [0.2, 0.25) is 0 Å². The molecule has 29 heavy (non-hydrogen) atoms. The third-order valence-electron chi connectivity index (χ3n) is 4.40. The number of anilines is 1. The molecule has 0 fully saturated rings. The van der Waals surface area contributed by atoms with Gasteiger partial charge in [-0.3, -0.25) is 9.52 Å². The molecule has 0 spiro atoms. The second-order valence-electron chi connectivity index (χ2n) is 6.78. The van der Waals surface area contributed by atoms with E-state index in [1.54, 1.807) is 72.6 Å². The van der Waals surface area contributed by atoms with Crippen LogP contribution >= 0.6 is 11.6 Å². The number of nitrogens with one attached hydrogen (secondary N) is 1. The minimum Gasteiger partial charge on any atom is -0.337 e. The zero-order chi connectivity index (χ0) is 21.0. The maximum absolute atomic E-state index is 12.6. The quantitative estimate of drug-likeness (QED) is 0.617. The van der Waals surface area contributed by atoms with Gasteiger partial charge in [-0.25, -0.2) is 8.42 Å². The molecule has 5 nitrogen and oxygen atoms in total. The van der Waals surface area contributed by atoms with Crippen LogP contribution in [0.2, 0.25) is 5.02 Å². The van der Waals surface area contributed by atoms with E-state index >= 15 is 0 Å². The second-order valence-corrected chi connectivity index (χ2v) is 8.90.